The van der Waals surface area contributed by atoms with E-state index < -0.39 is 10.0 Å². The zero-order valence-electron chi connectivity index (χ0n) is 11.0. The van der Waals surface area contributed by atoms with E-state index in [-0.39, 0.29) is 4.90 Å². The number of nitrogens with one attached hydrogen (secondary N) is 1. The molecule has 0 aliphatic heterocycles. The van der Waals surface area contributed by atoms with Gasteiger partial charge in [0.2, 0.25) is 10.0 Å². The Hall–Kier alpha value is -1.07. The topological polar surface area (TPSA) is 72.2 Å². The molecule has 4 nitrogen and oxygen atoms in total. The Kier molecular flexibility index (Phi) is 3.38. The molecular weight excluding hydrogens is 248 g/mol. The van der Waals surface area contributed by atoms with Crippen LogP contribution >= 0.6 is 0 Å². The summed E-state index contributed by atoms with van der Waals surface area (Å²) in [6.07, 6.45) is 1.10. The zero-order valence-corrected chi connectivity index (χ0v) is 11.8. The summed E-state index contributed by atoms with van der Waals surface area (Å²) in [5, 5.41) is 0. The second kappa shape index (κ2) is 4.55. The fourth-order valence-corrected chi connectivity index (χ4v) is 3.31. The maximum absolute atomic E-state index is 12.2. The highest BCUT2D eigenvalue weighted by Crippen LogP contribution is 2.37. The first-order chi connectivity index (χ1) is 8.31. The van der Waals surface area contributed by atoms with Crippen LogP contribution in [0.3, 0.4) is 0 Å². The molecule has 1 aromatic rings. The summed E-state index contributed by atoms with van der Waals surface area (Å²) < 4.78 is 27.0. The van der Waals surface area contributed by atoms with Gasteiger partial charge in [-0.1, -0.05) is 6.92 Å². The maximum Gasteiger partial charge on any atom is 0.242 e. The van der Waals surface area contributed by atoms with Gasteiger partial charge in [-0.25, -0.2) is 13.1 Å². The molecule has 2 rings (SSSR count). The Labute approximate surface area is 109 Å². The van der Waals surface area contributed by atoms with E-state index in [1.54, 1.807) is 12.1 Å². The van der Waals surface area contributed by atoms with Crippen molar-refractivity contribution in [1.82, 2.24) is 4.72 Å². The van der Waals surface area contributed by atoms with Gasteiger partial charge in [-0.3, -0.25) is 0 Å². The van der Waals surface area contributed by atoms with Crippen LogP contribution in [-0.4, -0.2) is 15.0 Å². The summed E-state index contributed by atoms with van der Waals surface area (Å²) in [5.41, 5.74) is 8.06. The highest BCUT2D eigenvalue weighted by molar-refractivity contribution is 7.89. The standard InChI is InChI=1S/C13H20N2O2S/c1-8-5-12(14)13(6-9(8)2)18(16,17)15-7-11-4-10(11)3/h5-6,10-11,15H,4,7,14H2,1-3H3. The van der Waals surface area contributed by atoms with Crippen molar-refractivity contribution in [3.8, 4) is 0 Å². The molecule has 0 saturated heterocycles. The van der Waals surface area contributed by atoms with Crippen molar-refractivity contribution in [3.05, 3.63) is 23.3 Å². The molecule has 2 unspecified atom stereocenters. The van der Waals surface area contributed by atoms with Crippen LogP contribution in [-0.2, 0) is 10.0 Å². The van der Waals surface area contributed by atoms with Gasteiger partial charge in [0.05, 0.1) is 5.69 Å². The monoisotopic (exact) mass is 268 g/mol. The van der Waals surface area contributed by atoms with Crippen molar-refractivity contribution in [2.45, 2.75) is 32.1 Å². The van der Waals surface area contributed by atoms with Gasteiger partial charge in [0.1, 0.15) is 4.90 Å². The van der Waals surface area contributed by atoms with Crippen LogP contribution in [0.15, 0.2) is 17.0 Å². The first-order valence-corrected chi connectivity index (χ1v) is 7.66. The second-order valence-electron chi connectivity index (χ2n) is 5.30. The number of nitrogens with two attached hydrogens (primary N) is 1. The average molecular weight is 268 g/mol. The van der Waals surface area contributed by atoms with Gasteiger partial charge in [-0.15, -0.1) is 0 Å². The number of aryl methyl sites for hydroxylation is 2. The maximum atomic E-state index is 12.2. The molecule has 5 heteroatoms. The fourth-order valence-electron chi connectivity index (χ4n) is 2.02. The lowest BCUT2D eigenvalue weighted by Crippen LogP contribution is -2.27. The molecule has 0 spiro atoms. The number of anilines is 1. The molecule has 1 saturated carbocycles. The third-order valence-corrected chi connectivity index (χ3v) is 5.21. The minimum absolute atomic E-state index is 0.193. The SMILES string of the molecule is Cc1cc(N)c(S(=O)(=O)NCC2CC2C)cc1C. The smallest absolute Gasteiger partial charge is 0.242 e. The summed E-state index contributed by atoms with van der Waals surface area (Å²) in [6, 6.07) is 3.35. The number of rotatable bonds is 4. The van der Waals surface area contributed by atoms with Crippen molar-refractivity contribution >= 4 is 15.7 Å². The highest BCUT2D eigenvalue weighted by atomic mass is 32.2. The van der Waals surface area contributed by atoms with Gasteiger partial charge < -0.3 is 5.73 Å². The van der Waals surface area contributed by atoms with E-state index in [2.05, 4.69) is 11.6 Å². The molecule has 1 aliphatic rings. The third-order valence-electron chi connectivity index (χ3n) is 3.73. The number of hydrogen-bond donors (Lipinski definition) is 2. The molecule has 1 fully saturated rings. The van der Waals surface area contributed by atoms with Gasteiger partial charge in [0.15, 0.2) is 0 Å². The number of nitrogen functional groups attached to an aromatic ring is 1. The molecule has 0 amide bonds. The lowest BCUT2D eigenvalue weighted by molar-refractivity contribution is 0.575. The first-order valence-electron chi connectivity index (χ1n) is 6.17. The minimum atomic E-state index is -3.48. The van der Waals surface area contributed by atoms with Crippen LogP contribution in [0.2, 0.25) is 0 Å². The summed E-state index contributed by atoms with van der Waals surface area (Å²) in [7, 11) is -3.48. The van der Waals surface area contributed by atoms with Crippen molar-refractivity contribution in [1.29, 1.82) is 0 Å². The molecule has 100 valence electrons. The number of benzene rings is 1. The van der Waals surface area contributed by atoms with Crippen LogP contribution < -0.4 is 10.5 Å². The molecule has 3 N–H and O–H groups in total. The van der Waals surface area contributed by atoms with E-state index in [0.717, 1.165) is 17.5 Å². The van der Waals surface area contributed by atoms with E-state index in [1.807, 2.05) is 13.8 Å². The molecule has 18 heavy (non-hydrogen) atoms. The lowest BCUT2D eigenvalue weighted by Gasteiger charge is -2.11. The first kappa shape index (κ1) is 13.4. The van der Waals surface area contributed by atoms with Gasteiger partial charge >= 0.3 is 0 Å². The Bertz CT molecular complexity index is 567. The minimum Gasteiger partial charge on any atom is -0.398 e. The van der Waals surface area contributed by atoms with Crippen molar-refractivity contribution in [3.63, 3.8) is 0 Å². The lowest BCUT2D eigenvalue weighted by atomic mass is 10.1. The summed E-state index contributed by atoms with van der Waals surface area (Å²) in [5.74, 6) is 1.11. The molecule has 0 radical (unpaired) electrons. The van der Waals surface area contributed by atoms with Gasteiger partial charge in [0, 0.05) is 6.54 Å². The summed E-state index contributed by atoms with van der Waals surface area (Å²) in [4.78, 5) is 0.193. The molecule has 0 heterocycles. The second-order valence-corrected chi connectivity index (χ2v) is 7.03. The molecule has 0 aromatic heterocycles. The van der Waals surface area contributed by atoms with Gasteiger partial charge in [-0.2, -0.15) is 0 Å². The molecule has 1 aliphatic carbocycles. The predicted molar refractivity (Wildman–Crippen MR) is 72.8 cm³/mol. The Balaban J connectivity index is 2.21. The quantitative estimate of drug-likeness (QED) is 0.818. The fraction of sp³-hybridized carbons (Fsp3) is 0.538. The van der Waals surface area contributed by atoms with E-state index in [9.17, 15) is 8.42 Å². The van der Waals surface area contributed by atoms with Crippen LogP contribution in [0.1, 0.15) is 24.5 Å². The zero-order chi connectivity index (χ0) is 13.5. The van der Waals surface area contributed by atoms with E-state index in [4.69, 9.17) is 5.73 Å². The van der Waals surface area contributed by atoms with Crippen LogP contribution in [0, 0.1) is 25.7 Å². The molecule has 1 aromatic carbocycles. The van der Waals surface area contributed by atoms with Crippen LogP contribution in [0.25, 0.3) is 0 Å². The van der Waals surface area contributed by atoms with Crippen molar-refractivity contribution < 1.29 is 8.42 Å². The summed E-state index contributed by atoms with van der Waals surface area (Å²) in [6.45, 7) is 6.44. The van der Waals surface area contributed by atoms with Gasteiger partial charge in [0.25, 0.3) is 0 Å². The van der Waals surface area contributed by atoms with E-state index in [0.29, 0.717) is 24.1 Å². The van der Waals surface area contributed by atoms with Crippen molar-refractivity contribution in [2.24, 2.45) is 11.8 Å². The Morgan fingerprint density at radius 3 is 2.44 bits per heavy atom. The van der Waals surface area contributed by atoms with Crippen LogP contribution in [0.5, 0.6) is 0 Å². The molecular formula is C13H20N2O2S. The Morgan fingerprint density at radius 2 is 1.89 bits per heavy atom. The molecule has 0 bridgehead atoms. The van der Waals surface area contributed by atoms with E-state index in [1.165, 1.54) is 0 Å². The third kappa shape index (κ3) is 2.67. The number of sulfonamides is 1. The normalized spacial score (nSPS) is 23.1. The Morgan fingerprint density at radius 1 is 1.33 bits per heavy atom. The predicted octanol–water partition coefficient (Wildman–Crippen LogP) is 1.82. The van der Waals surface area contributed by atoms with E-state index >= 15 is 0 Å². The highest BCUT2D eigenvalue weighted by Gasteiger charge is 2.33. The summed E-state index contributed by atoms with van der Waals surface area (Å²) >= 11 is 0. The largest absolute Gasteiger partial charge is 0.398 e. The average Bonchev–Trinajstić information content (AvgIpc) is 2.97. The number of hydrogen-bond acceptors (Lipinski definition) is 3. The molecule has 2 atom stereocenters. The van der Waals surface area contributed by atoms with Crippen molar-refractivity contribution in [2.75, 3.05) is 12.3 Å². The van der Waals surface area contributed by atoms with Crippen LogP contribution in [0.4, 0.5) is 5.69 Å². The van der Waals surface area contributed by atoms with Gasteiger partial charge in [-0.05, 0) is 55.4 Å².